The van der Waals surface area contributed by atoms with E-state index >= 15 is 0 Å². The van der Waals surface area contributed by atoms with Gasteiger partial charge >= 0.3 is 11.9 Å². The fourth-order valence-corrected chi connectivity index (χ4v) is 4.21. The number of fused-ring (bicyclic) bond motifs is 2. The Bertz CT molecular complexity index is 1190. The molecule has 2 aromatic rings. The van der Waals surface area contributed by atoms with Crippen molar-refractivity contribution in [2.24, 2.45) is 0 Å². The number of benzene rings is 2. The summed E-state index contributed by atoms with van der Waals surface area (Å²) in [4.78, 5) is 53.7. The SMILES string of the molecule is COCCOC(=O)c1ccc2c(c1)N(CC(=O)N1CCCCC1)C(=O)c1c(OCC(=O)O)cccc1O2. The van der Waals surface area contributed by atoms with Crippen LogP contribution in [0.25, 0.3) is 0 Å². The topological polar surface area (TPSA) is 132 Å². The van der Waals surface area contributed by atoms with E-state index < -0.39 is 24.5 Å². The number of ether oxygens (including phenoxy) is 4. The second-order valence-electron chi connectivity index (χ2n) is 8.56. The first-order valence-electron chi connectivity index (χ1n) is 11.9. The molecule has 0 radical (unpaired) electrons. The molecule has 1 N–H and O–H groups in total. The summed E-state index contributed by atoms with van der Waals surface area (Å²) in [6.07, 6.45) is 2.80. The number of methoxy groups -OCH3 is 1. The van der Waals surface area contributed by atoms with E-state index in [-0.39, 0.29) is 59.7 Å². The first-order chi connectivity index (χ1) is 17.9. The van der Waals surface area contributed by atoms with Gasteiger partial charge in [0.2, 0.25) is 5.91 Å². The zero-order valence-corrected chi connectivity index (χ0v) is 20.4. The van der Waals surface area contributed by atoms with Crippen molar-refractivity contribution in [3.05, 3.63) is 47.5 Å². The predicted molar refractivity (Wildman–Crippen MR) is 130 cm³/mol. The van der Waals surface area contributed by atoms with Gasteiger partial charge in [-0.05, 0) is 49.6 Å². The van der Waals surface area contributed by atoms with E-state index in [1.165, 1.54) is 36.3 Å². The molecule has 2 heterocycles. The van der Waals surface area contributed by atoms with Crippen molar-refractivity contribution in [3.8, 4) is 17.2 Å². The number of carboxylic acids is 1. The number of hydrogen-bond acceptors (Lipinski definition) is 8. The van der Waals surface area contributed by atoms with Gasteiger partial charge in [-0.15, -0.1) is 0 Å². The summed E-state index contributed by atoms with van der Waals surface area (Å²) in [7, 11) is 1.49. The Morgan fingerprint density at radius 3 is 2.54 bits per heavy atom. The lowest BCUT2D eigenvalue weighted by Gasteiger charge is -2.30. The maximum atomic E-state index is 13.9. The first kappa shape index (κ1) is 26.0. The largest absolute Gasteiger partial charge is 0.481 e. The number of amides is 2. The molecule has 37 heavy (non-hydrogen) atoms. The highest BCUT2D eigenvalue weighted by Crippen LogP contribution is 2.42. The zero-order chi connectivity index (χ0) is 26.4. The monoisotopic (exact) mass is 512 g/mol. The van der Waals surface area contributed by atoms with Gasteiger partial charge in [-0.1, -0.05) is 6.07 Å². The van der Waals surface area contributed by atoms with Crippen molar-refractivity contribution in [1.29, 1.82) is 0 Å². The smallest absolute Gasteiger partial charge is 0.341 e. The van der Waals surface area contributed by atoms with Gasteiger partial charge in [-0.25, -0.2) is 9.59 Å². The van der Waals surface area contributed by atoms with Gasteiger partial charge in [0.05, 0.1) is 17.9 Å². The minimum atomic E-state index is -1.21. The average Bonchev–Trinajstić information content (AvgIpc) is 3.02. The third-order valence-electron chi connectivity index (χ3n) is 6.03. The van der Waals surface area contributed by atoms with Gasteiger partial charge in [0.1, 0.15) is 30.2 Å². The molecule has 4 rings (SSSR count). The van der Waals surface area contributed by atoms with Gasteiger partial charge in [-0.3, -0.25) is 14.5 Å². The van der Waals surface area contributed by atoms with Gasteiger partial charge in [-0.2, -0.15) is 0 Å². The van der Waals surface area contributed by atoms with Crippen molar-refractivity contribution in [1.82, 2.24) is 4.90 Å². The second kappa shape index (κ2) is 11.7. The lowest BCUT2D eigenvalue weighted by molar-refractivity contribution is -0.139. The molecule has 0 aromatic heterocycles. The zero-order valence-electron chi connectivity index (χ0n) is 20.4. The van der Waals surface area contributed by atoms with Crippen LogP contribution in [0.5, 0.6) is 17.2 Å². The minimum absolute atomic E-state index is 0.00678. The summed E-state index contributed by atoms with van der Waals surface area (Å²) in [5.41, 5.74) is 0.350. The molecule has 0 saturated carbocycles. The lowest BCUT2D eigenvalue weighted by Crippen LogP contribution is -2.44. The quantitative estimate of drug-likeness (QED) is 0.398. The number of likely N-dealkylation sites (tertiary alicyclic amines) is 1. The maximum absolute atomic E-state index is 13.9. The molecule has 2 aliphatic rings. The van der Waals surface area contributed by atoms with Crippen molar-refractivity contribution >= 4 is 29.4 Å². The third kappa shape index (κ3) is 6.00. The normalized spacial score (nSPS) is 14.7. The molecule has 11 heteroatoms. The van der Waals surface area contributed by atoms with E-state index in [1.54, 1.807) is 17.0 Å². The highest BCUT2D eigenvalue weighted by molar-refractivity contribution is 6.14. The number of aliphatic carboxylic acids is 1. The molecule has 0 atom stereocenters. The van der Waals surface area contributed by atoms with Crippen LogP contribution in [-0.2, 0) is 19.1 Å². The van der Waals surface area contributed by atoms with Crippen molar-refractivity contribution in [2.45, 2.75) is 19.3 Å². The first-order valence-corrected chi connectivity index (χ1v) is 11.9. The fourth-order valence-electron chi connectivity index (χ4n) is 4.21. The standard InChI is InChI=1S/C26H28N2O9/c1-34-12-13-35-26(33)17-8-9-19-18(14-17)28(15-22(29)27-10-3-2-4-11-27)25(32)24-20(36-16-23(30)31)6-5-7-21(24)37-19/h5-9,14H,2-4,10-13,15-16H2,1H3,(H,30,31). The second-order valence-corrected chi connectivity index (χ2v) is 8.56. The molecule has 0 bridgehead atoms. The van der Waals surface area contributed by atoms with Crippen LogP contribution in [-0.4, -0.2) is 80.3 Å². The Balaban J connectivity index is 1.73. The van der Waals surface area contributed by atoms with E-state index in [2.05, 4.69) is 0 Å². The highest BCUT2D eigenvalue weighted by atomic mass is 16.6. The maximum Gasteiger partial charge on any atom is 0.341 e. The van der Waals surface area contributed by atoms with E-state index in [4.69, 9.17) is 24.1 Å². The van der Waals surface area contributed by atoms with Gasteiger partial charge < -0.3 is 29.0 Å². The summed E-state index contributed by atoms with van der Waals surface area (Å²) in [5, 5.41) is 9.06. The van der Waals surface area contributed by atoms with E-state index in [0.29, 0.717) is 13.1 Å². The molecule has 0 spiro atoms. The van der Waals surface area contributed by atoms with Gasteiger partial charge in [0, 0.05) is 20.2 Å². The molecule has 2 aromatic carbocycles. The van der Waals surface area contributed by atoms with E-state index in [0.717, 1.165) is 19.3 Å². The van der Waals surface area contributed by atoms with Crippen LogP contribution in [0.1, 0.15) is 40.0 Å². The van der Waals surface area contributed by atoms with Crippen LogP contribution in [0.3, 0.4) is 0 Å². The number of rotatable bonds is 9. The van der Waals surface area contributed by atoms with Crippen molar-refractivity contribution < 1.29 is 43.2 Å². The molecule has 0 aliphatic carbocycles. The highest BCUT2D eigenvalue weighted by Gasteiger charge is 2.34. The molecule has 1 saturated heterocycles. The van der Waals surface area contributed by atoms with E-state index in [1.807, 2.05) is 0 Å². The number of carbonyl (C=O) groups excluding carboxylic acids is 3. The number of nitrogens with zero attached hydrogens (tertiary/aromatic N) is 2. The molecule has 11 nitrogen and oxygen atoms in total. The van der Waals surface area contributed by atoms with Crippen LogP contribution >= 0.6 is 0 Å². The molecule has 2 amide bonds. The Morgan fingerprint density at radius 1 is 1.03 bits per heavy atom. The number of carbonyl (C=O) groups is 4. The minimum Gasteiger partial charge on any atom is -0.481 e. The summed E-state index contributed by atoms with van der Waals surface area (Å²) in [5.74, 6) is -2.32. The number of hydrogen-bond donors (Lipinski definition) is 1. The summed E-state index contributed by atoms with van der Waals surface area (Å²) in [6.45, 7) is 0.502. The Labute approximate surface area is 213 Å². The van der Waals surface area contributed by atoms with Crippen LogP contribution in [0.4, 0.5) is 5.69 Å². The molecule has 1 fully saturated rings. The summed E-state index contributed by atoms with van der Waals surface area (Å²) >= 11 is 0. The van der Waals surface area contributed by atoms with Crippen LogP contribution in [0.15, 0.2) is 36.4 Å². The number of carboxylic acid groups (broad SMARTS) is 1. The van der Waals surface area contributed by atoms with Crippen LogP contribution in [0.2, 0.25) is 0 Å². The van der Waals surface area contributed by atoms with E-state index in [9.17, 15) is 19.2 Å². The molecule has 0 unspecified atom stereocenters. The molecular weight excluding hydrogens is 484 g/mol. The summed E-state index contributed by atoms with van der Waals surface area (Å²) in [6, 6.07) is 9.04. The molecular formula is C26H28N2O9. The van der Waals surface area contributed by atoms with Crippen molar-refractivity contribution in [3.63, 3.8) is 0 Å². The number of esters is 1. The number of anilines is 1. The van der Waals surface area contributed by atoms with Crippen molar-refractivity contribution in [2.75, 3.05) is 51.5 Å². The predicted octanol–water partition coefficient (Wildman–Crippen LogP) is 2.72. The average molecular weight is 513 g/mol. The van der Waals surface area contributed by atoms with Crippen LogP contribution < -0.4 is 14.4 Å². The third-order valence-corrected chi connectivity index (χ3v) is 6.03. The molecule has 2 aliphatic heterocycles. The Kier molecular flexibility index (Phi) is 8.24. The summed E-state index contributed by atoms with van der Waals surface area (Å²) < 4.78 is 21.5. The Hall–Kier alpha value is -4.12. The van der Waals surface area contributed by atoms with Crippen LogP contribution in [0, 0.1) is 0 Å². The Morgan fingerprint density at radius 2 is 1.81 bits per heavy atom. The van der Waals surface area contributed by atoms with Gasteiger partial charge in [0.25, 0.3) is 5.91 Å². The lowest BCUT2D eigenvalue weighted by atomic mass is 10.1. The molecule has 196 valence electrons. The number of piperidine rings is 1. The van der Waals surface area contributed by atoms with Gasteiger partial charge in [0.15, 0.2) is 12.4 Å². The fraction of sp³-hybridized carbons (Fsp3) is 0.385.